The van der Waals surface area contributed by atoms with Gasteiger partial charge in [-0.25, -0.2) is 0 Å². The highest BCUT2D eigenvalue weighted by atomic mass is 79.9. The molecule has 0 bridgehead atoms. The number of H-pyrrole nitrogens is 1. The fourth-order valence-corrected chi connectivity index (χ4v) is 1.67. The number of hydrogen-bond acceptors (Lipinski definition) is 1. The first kappa shape index (κ1) is 9.51. The number of halogens is 4. The number of fused-ring (bicyclic) bond motifs is 1. The van der Waals surface area contributed by atoms with E-state index >= 15 is 0 Å². The molecular weight excluding hydrogens is 261 g/mol. The molecule has 2 aromatic rings. The minimum Gasteiger partial charge on any atom is -0.276 e. The Kier molecular flexibility index (Phi) is 2.02. The Hall–Kier alpha value is -1.04. The number of nitrogens with zero attached hydrogens (tertiary/aromatic N) is 1. The molecule has 0 aliphatic carbocycles. The zero-order valence-corrected chi connectivity index (χ0v) is 8.28. The lowest BCUT2D eigenvalue weighted by atomic mass is 10.1. The number of para-hydroxylation sites is 1. The second-order valence-electron chi connectivity index (χ2n) is 2.74. The van der Waals surface area contributed by atoms with Gasteiger partial charge < -0.3 is 0 Å². The molecule has 14 heavy (non-hydrogen) atoms. The SMILES string of the molecule is FC(F)(F)c1cccc2c(Br)n[nH]c12. The fourth-order valence-electron chi connectivity index (χ4n) is 1.25. The normalized spacial score (nSPS) is 12.3. The molecule has 1 N–H and O–H groups in total. The van der Waals surface area contributed by atoms with Crippen molar-refractivity contribution in [3.63, 3.8) is 0 Å². The molecule has 0 amide bonds. The maximum Gasteiger partial charge on any atom is 0.418 e. The van der Waals surface area contributed by atoms with Crippen LogP contribution in [0.25, 0.3) is 10.9 Å². The summed E-state index contributed by atoms with van der Waals surface area (Å²) in [5, 5.41) is 6.44. The van der Waals surface area contributed by atoms with Gasteiger partial charge in [-0.15, -0.1) is 0 Å². The van der Waals surface area contributed by atoms with Crippen molar-refractivity contribution in [1.82, 2.24) is 10.2 Å². The molecule has 0 fully saturated rings. The number of aromatic nitrogens is 2. The Morgan fingerprint density at radius 1 is 1.29 bits per heavy atom. The zero-order valence-electron chi connectivity index (χ0n) is 6.69. The van der Waals surface area contributed by atoms with Crippen LogP contribution in [-0.4, -0.2) is 10.2 Å². The Labute approximate surface area is 85.2 Å². The second kappa shape index (κ2) is 2.98. The first-order valence-corrected chi connectivity index (χ1v) is 4.49. The number of nitrogens with one attached hydrogen (secondary N) is 1. The highest BCUT2D eigenvalue weighted by Gasteiger charge is 2.33. The minimum atomic E-state index is -4.36. The van der Waals surface area contributed by atoms with Gasteiger partial charge in [-0.2, -0.15) is 18.3 Å². The van der Waals surface area contributed by atoms with E-state index in [4.69, 9.17) is 0 Å². The third-order valence-electron chi connectivity index (χ3n) is 1.86. The lowest BCUT2D eigenvalue weighted by molar-refractivity contribution is -0.136. The maximum atomic E-state index is 12.5. The summed E-state index contributed by atoms with van der Waals surface area (Å²) in [5.74, 6) is 0. The van der Waals surface area contributed by atoms with E-state index in [1.807, 2.05) is 0 Å². The number of benzene rings is 1. The van der Waals surface area contributed by atoms with Gasteiger partial charge in [0, 0.05) is 5.39 Å². The van der Waals surface area contributed by atoms with E-state index in [2.05, 4.69) is 26.1 Å². The summed E-state index contributed by atoms with van der Waals surface area (Å²) in [6.07, 6.45) is -4.36. The van der Waals surface area contributed by atoms with Crippen molar-refractivity contribution in [2.75, 3.05) is 0 Å². The molecule has 1 aromatic heterocycles. The number of alkyl halides is 3. The molecule has 6 heteroatoms. The van der Waals surface area contributed by atoms with Gasteiger partial charge in [0.25, 0.3) is 0 Å². The zero-order chi connectivity index (χ0) is 10.3. The molecule has 1 heterocycles. The van der Waals surface area contributed by atoms with Gasteiger partial charge in [0.15, 0.2) is 0 Å². The van der Waals surface area contributed by atoms with Crippen LogP contribution in [0.15, 0.2) is 22.8 Å². The molecule has 2 rings (SSSR count). The van der Waals surface area contributed by atoms with Gasteiger partial charge in [-0.1, -0.05) is 12.1 Å². The van der Waals surface area contributed by atoms with Gasteiger partial charge >= 0.3 is 6.18 Å². The molecule has 1 aromatic carbocycles. The highest BCUT2D eigenvalue weighted by molar-refractivity contribution is 9.10. The molecule has 0 unspecified atom stereocenters. The van der Waals surface area contributed by atoms with Gasteiger partial charge in [-0.3, -0.25) is 5.10 Å². The van der Waals surface area contributed by atoms with E-state index in [9.17, 15) is 13.2 Å². The predicted octanol–water partition coefficient (Wildman–Crippen LogP) is 3.34. The summed E-state index contributed by atoms with van der Waals surface area (Å²) in [6, 6.07) is 3.94. The molecule has 0 aliphatic heterocycles. The lowest BCUT2D eigenvalue weighted by Crippen LogP contribution is -2.05. The van der Waals surface area contributed by atoms with Crippen molar-refractivity contribution < 1.29 is 13.2 Å². The molecule has 0 saturated heterocycles. The van der Waals surface area contributed by atoms with Crippen LogP contribution in [0.5, 0.6) is 0 Å². The Morgan fingerprint density at radius 3 is 2.64 bits per heavy atom. The minimum absolute atomic E-state index is 0.00637. The van der Waals surface area contributed by atoms with Crippen LogP contribution in [0.3, 0.4) is 0 Å². The molecule has 0 spiro atoms. The smallest absolute Gasteiger partial charge is 0.276 e. The molecule has 0 aliphatic rings. The van der Waals surface area contributed by atoms with Crippen LogP contribution >= 0.6 is 15.9 Å². The summed E-state index contributed by atoms with van der Waals surface area (Å²) in [5.41, 5.74) is -0.694. The van der Waals surface area contributed by atoms with Crippen LogP contribution in [0, 0.1) is 0 Å². The van der Waals surface area contributed by atoms with Crippen molar-refractivity contribution in [3.8, 4) is 0 Å². The Morgan fingerprint density at radius 2 is 2.00 bits per heavy atom. The van der Waals surface area contributed by atoms with E-state index in [1.165, 1.54) is 6.07 Å². The number of rotatable bonds is 0. The van der Waals surface area contributed by atoms with Crippen molar-refractivity contribution in [2.45, 2.75) is 6.18 Å². The summed E-state index contributed by atoms with van der Waals surface area (Å²) < 4.78 is 37.8. The van der Waals surface area contributed by atoms with Gasteiger partial charge in [0.1, 0.15) is 4.60 Å². The van der Waals surface area contributed by atoms with E-state index in [-0.39, 0.29) is 5.52 Å². The van der Waals surface area contributed by atoms with E-state index < -0.39 is 11.7 Å². The molecule has 0 saturated carbocycles. The van der Waals surface area contributed by atoms with Crippen molar-refractivity contribution >= 4 is 26.8 Å². The van der Waals surface area contributed by atoms with Crippen molar-refractivity contribution in [2.24, 2.45) is 0 Å². The van der Waals surface area contributed by atoms with Crippen LogP contribution in [0.4, 0.5) is 13.2 Å². The topological polar surface area (TPSA) is 28.7 Å². The maximum absolute atomic E-state index is 12.5. The van der Waals surface area contributed by atoms with Crippen LogP contribution in [0.1, 0.15) is 5.56 Å². The summed E-state index contributed by atoms with van der Waals surface area (Å²) in [6.45, 7) is 0. The molecule has 74 valence electrons. The fraction of sp³-hybridized carbons (Fsp3) is 0.125. The molecular formula is C8H4BrF3N2. The quantitative estimate of drug-likeness (QED) is 0.777. The van der Waals surface area contributed by atoms with Gasteiger partial charge in [-0.05, 0) is 22.0 Å². The van der Waals surface area contributed by atoms with Crippen molar-refractivity contribution in [1.29, 1.82) is 0 Å². The van der Waals surface area contributed by atoms with Crippen molar-refractivity contribution in [3.05, 3.63) is 28.4 Å². The standard InChI is InChI=1S/C8H4BrF3N2/c9-7-4-2-1-3-5(8(10,11)12)6(4)13-14-7/h1-3H,(H,13,14). The summed E-state index contributed by atoms with van der Waals surface area (Å²) in [7, 11) is 0. The van der Waals surface area contributed by atoms with Crippen LogP contribution < -0.4 is 0 Å². The third kappa shape index (κ3) is 1.39. The first-order valence-electron chi connectivity index (χ1n) is 3.70. The first-order chi connectivity index (χ1) is 6.50. The highest BCUT2D eigenvalue weighted by Crippen LogP contribution is 2.35. The van der Waals surface area contributed by atoms with E-state index in [1.54, 1.807) is 6.07 Å². The monoisotopic (exact) mass is 264 g/mol. The number of aromatic amines is 1. The largest absolute Gasteiger partial charge is 0.418 e. The molecule has 0 radical (unpaired) electrons. The summed E-state index contributed by atoms with van der Waals surface area (Å²) >= 11 is 3.06. The van der Waals surface area contributed by atoms with Gasteiger partial charge in [0.05, 0.1) is 11.1 Å². The second-order valence-corrected chi connectivity index (χ2v) is 3.49. The average Bonchev–Trinajstić information content (AvgIpc) is 2.46. The van der Waals surface area contributed by atoms with E-state index in [0.29, 0.717) is 9.99 Å². The van der Waals surface area contributed by atoms with Crippen LogP contribution in [-0.2, 0) is 6.18 Å². The molecule has 2 nitrogen and oxygen atoms in total. The van der Waals surface area contributed by atoms with E-state index in [0.717, 1.165) is 6.07 Å². The average molecular weight is 265 g/mol. The Bertz CT molecular complexity index is 475. The predicted molar refractivity (Wildman–Crippen MR) is 48.8 cm³/mol. The van der Waals surface area contributed by atoms with Crippen LogP contribution in [0.2, 0.25) is 0 Å². The van der Waals surface area contributed by atoms with Gasteiger partial charge in [0.2, 0.25) is 0 Å². The summed E-state index contributed by atoms with van der Waals surface area (Å²) in [4.78, 5) is 0. The lowest BCUT2D eigenvalue weighted by Gasteiger charge is -2.06. The molecule has 0 atom stereocenters. The number of hydrogen-bond donors (Lipinski definition) is 1. The third-order valence-corrected chi connectivity index (χ3v) is 2.46. The Balaban J connectivity index is 2.79.